The summed E-state index contributed by atoms with van der Waals surface area (Å²) in [7, 11) is -2.65. The third kappa shape index (κ3) is 1.82. The van der Waals surface area contributed by atoms with Crippen molar-refractivity contribution in [2.45, 2.75) is 12.7 Å². The van der Waals surface area contributed by atoms with Crippen LogP contribution in [-0.4, -0.2) is 13.0 Å². The van der Waals surface area contributed by atoms with Crippen LogP contribution in [0.25, 0.3) is 10.9 Å². The topological polar surface area (TPSA) is 39.1 Å². The van der Waals surface area contributed by atoms with E-state index in [-0.39, 0.29) is 0 Å². The van der Waals surface area contributed by atoms with E-state index in [9.17, 15) is 12.3 Å². The average Bonchev–Trinajstić information content (AvgIpc) is 2.43. The predicted molar refractivity (Wildman–Crippen MR) is 61.4 cm³/mol. The predicted octanol–water partition coefficient (Wildman–Crippen LogP) is 2.29. The number of hydrogen-bond acceptors (Lipinski definition) is 2. The first kappa shape index (κ1) is 11.1. The minimum absolute atomic E-state index is 0.542. The van der Waals surface area contributed by atoms with Crippen LogP contribution in [0.5, 0.6) is 0 Å². The Morgan fingerprint density at radius 1 is 1.31 bits per heavy atom. The minimum atomic E-state index is -4.49. The van der Waals surface area contributed by atoms with Crippen LogP contribution < -0.4 is 0 Å². The zero-order valence-corrected chi connectivity index (χ0v) is 9.88. The van der Waals surface area contributed by atoms with E-state index in [1.807, 2.05) is 35.9 Å². The first-order valence-electron chi connectivity index (χ1n) is 4.85. The Morgan fingerprint density at radius 3 is 2.56 bits per heavy atom. The van der Waals surface area contributed by atoms with Gasteiger partial charge >= 0.3 is 10.2 Å². The summed E-state index contributed by atoms with van der Waals surface area (Å²) in [5.74, 6) is -0.555. The summed E-state index contributed by atoms with van der Waals surface area (Å²) in [5, 5.41) is 0.795. The maximum atomic E-state index is 12.8. The van der Waals surface area contributed by atoms with Gasteiger partial charge in [0.2, 0.25) is 0 Å². The Labute approximate surface area is 93.7 Å². The standard InChI is InChI=1S/C11H12FNO2S/c1-8-10(7-16(12,14)15)9-5-3-4-6-11(9)13(8)2/h3-6H,7H2,1-2H3. The highest BCUT2D eigenvalue weighted by atomic mass is 32.3. The molecule has 0 aliphatic carbocycles. The Morgan fingerprint density at radius 2 is 1.94 bits per heavy atom. The van der Waals surface area contributed by atoms with Gasteiger partial charge in [-0.3, -0.25) is 0 Å². The van der Waals surface area contributed by atoms with Crippen molar-refractivity contribution in [3.05, 3.63) is 35.5 Å². The molecule has 86 valence electrons. The van der Waals surface area contributed by atoms with Gasteiger partial charge in [-0.15, -0.1) is 3.89 Å². The molecule has 1 aromatic heterocycles. The van der Waals surface area contributed by atoms with E-state index in [1.54, 1.807) is 6.92 Å². The molecular formula is C11H12FNO2S. The molecule has 0 radical (unpaired) electrons. The summed E-state index contributed by atoms with van der Waals surface area (Å²) in [4.78, 5) is 0. The van der Waals surface area contributed by atoms with Crippen LogP contribution >= 0.6 is 0 Å². The van der Waals surface area contributed by atoms with Crippen LogP contribution in [0, 0.1) is 6.92 Å². The molecule has 0 bridgehead atoms. The van der Waals surface area contributed by atoms with Gasteiger partial charge in [-0.2, -0.15) is 8.42 Å². The van der Waals surface area contributed by atoms with Crippen molar-refractivity contribution in [2.75, 3.05) is 0 Å². The maximum absolute atomic E-state index is 12.8. The van der Waals surface area contributed by atoms with E-state index < -0.39 is 16.0 Å². The molecule has 1 heterocycles. The minimum Gasteiger partial charge on any atom is -0.348 e. The highest BCUT2D eigenvalue weighted by Gasteiger charge is 2.17. The lowest BCUT2D eigenvalue weighted by Gasteiger charge is -1.99. The van der Waals surface area contributed by atoms with Crippen LogP contribution in [-0.2, 0) is 23.0 Å². The number of benzene rings is 1. The van der Waals surface area contributed by atoms with Crippen molar-refractivity contribution in [1.82, 2.24) is 4.57 Å². The van der Waals surface area contributed by atoms with Crippen LogP contribution in [0.4, 0.5) is 3.89 Å². The molecule has 0 N–H and O–H groups in total. The van der Waals surface area contributed by atoms with Crippen LogP contribution in [0.1, 0.15) is 11.3 Å². The first-order chi connectivity index (χ1) is 7.40. The Kier molecular flexibility index (Phi) is 2.50. The van der Waals surface area contributed by atoms with Crippen LogP contribution in [0.3, 0.4) is 0 Å². The SMILES string of the molecule is Cc1c(CS(=O)(=O)F)c2ccccc2n1C. The fourth-order valence-electron chi connectivity index (χ4n) is 1.95. The monoisotopic (exact) mass is 241 g/mol. The second kappa shape index (κ2) is 3.59. The second-order valence-corrected chi connectivity index (χ2v) is 5.19. The second-order valence-electron chi connectivity index (χ2n) is 3.82. The largest absolute Gasteiger partial charge is 0.348 e. The summed E-state index contributed by atoms with van der Waals surface area (Å²) >= 11 is 0. The third-order valence-electron chi connectivity index (χ3n) is 2.85. The molecule has 0 aliphatic heterocycles. The van der Waals surface area contributed by atoms with E-state index in [1.165, 1.54) is 0 Å². The van der Waals surface area contributed by atoms with Gasteiger partial charge in [0.15, 0.2) is 0 Å². The summed E-state index contributed by atoms with van der Waals surface area (Å²) < 4.78 is 36.1. The molecule has 0 aliphatic rings. The van der Waals surface area contributed by atoms with Gasteiger partial charge in [-0.1, -0.05) is 18.2 Å². The number of aromatic nitrogens is 1. The molecule has 0 fully saturated rings. The van der Waals surface area contributed by atoms with E-state index in [4.69, 9.17) is 0 Å². The highest BCUT2D eigenvalue weighted by molar-refractivity contribution is 7.85. The number of aryl methyl sites for hydroxylation is 1. The average molecular weight is 241 g/mol. The van der Waals surface area contributed by atoms with Crippen molar-refractivity contribution in [3.63, 3.8) is 0 Å². The number of fused-ring (bicyclic) bond motifs is 1. The van der Waals surface area contributed by atoms with Crippen molar-refractivity contribution < 1.29 is 12.3 Å². The van der Waals surface area contributed by atoms with Gasteiger partial charge in [0.1, 0.15) is 5.75 Å². The molecule has 1 aromatic carbocycles. The van der Waals surface area contributed by atoms with Crippen LogP contribution in [0.2, 0.25) is 0 Å². The maximum Gasteiger partial charge on any atom is 0.306 e. The van der Waals surface area contributed by atoms with E-state index in [0.29, 0.717) is 5.56 Å². The lowest BCUT2D eigenvalue weighted by atomic mass is 10.1. The summed E-state index contributed by atoms with van der Waals surface area (Å²) in [5.41, 5.74) is 2.24. The molecule has 0 atom stereocenters. The highest BCUT2D eigenvalue weighted by Crippen LogP contribution is 2.26. The van der Waals surface area contributed by atoms with Crippen molar-refractivity contribution in [1.29, 1.82) is 0 Å². The Hall–Kier alpha value is -1.36. The molecule has 16 heavy (non-hydrogen) atoms. The molecule has 5 heteroatoms. The number of halogens is 1. The van der Waals surface area contributed by atoms with Gasteiger partial charge in [-0.25, -0.2) is 0 Å². The smallest absolute Gasteiger partial charge is 0.306 e. The van der Waals surface area contributed by atoms with Crippen molar-refractivity contribution in [2.24, 2.45) is 7.05 Å². The molecular weight excluding hydrogens is 229 g/mol. The van der Waals surface area contributed by atoms with Crippen molar-refractivity contribution in [3.8, 4) is 0 Å². The molecule has 0 amide bonds. The van der Waals surface area contributed by atoms with Gasteiger partial charge in [0, 0.05) is 23.6 Å². The van der Waals surface area contributed by atoms with Gasteiger partial charge in [0.05, 0.1) is 0 Å². The Bertz CT molecular complexity index is 643. The normalized spacial score (nSPS) is 12.2. The molecule has 3 nitrogen and oxygen atoms in total. The van der Waals surface area contributed by atoms with Gasteiger partial charge in [0.25, 0.3) is 0 Å². The lowest BCUT2D eigenvalue weighted by Crippen LogP contribution is -1.98. The number of hydrogen-bond donors (Lipinski definition) is 0. The van der Waals surface area contributed by atoms with Gasteiger partial charge in [-0.05, 0) is 18.6 Å². The van der Waals surface area contributed by atoms with E-state index in [0.717, 1.165) is 16.6 Å². The number of rotatable bonds is 2. The third-order valence-corrected chi connectivity index (χ3v) is 3.48. The lowest BCUT2D eigenvalue weighted by molar-refractivity contribution is 0.551. The zero-order chi connectivity index (χ0) is 11.9. The molecule has 0 saturated heterocycles. The van der Waals surface area contributed by atoms with Crippen LogP contribution in [0.15, 0.2) is 24.3 Å². The molecule has 2 rings (SSSR count). The number of para-hydroxylation sites is 1. The summed E-state index contributed by atoms with van der Waals surface area (Å²) in [6.07, 6.45) is 0. The first-order valence-corrected chi connectivity index (χ1v) is 6.40. The molecule has 0 unspecified atom stereocenters. The molecule has 0 spiro atoms. The quantitative estimate of drug-likeness (QED) is 0.757. The zero-order valence-electron chi connectivity index (χ0n) is 9.07. The molecule has 0 saturated carbocycles. The Balaban J connectivity index is 2.74. The van der Waals surface area contributed by atoms with E-state index in [2.05, 4.69) is 0 Å². The summed E-state index contributed by atoms with van der Waals surface area (Å²) in [6.45, 7) is 1.79. The van der Waals surface area contributed by atoms with E-state index >= 15 is 0 Å². The molecule has 2 aromatic rings. The fourth-order valence-corrected chi connectivity index (χ4v) is 2.66. The van der Waals surface area contributed by atoms with Crippen molar-refractivity contribution >= 4 is 21.1 Å². The summed E-state index contributed by atoms with van der Waals surface area (Å²) in [6, 6.07) is 7.38. The fraction of sp³-hybridized carbons (Fsp3) is 0.273. The van der Waals surface area contributed by atoms with Gasteiger partial charge < -0.3 is 4.57 Å². The number of nitrogens with zero attached hydrogens (tertiary/aromatic N) is 1.